The van der Waals surface area contributed by atoms with Crippen LogP contribution in [-0.2, 0) is 13.0 Å². The van der Waals surface area contributed by atoms with E-state index in [9.17, 15) is 9.90 Å². The third kappa shape index (κ3) is 2.98. The first-order valence-electron chi connectivity index (χ1n) is 8.15. The Morgan fingerprint density at radius 1 is 1.15 bits per heavy atom. The van der Waals surface area contributed by atoms with Crippen molar-refractivity contribution in [2.24, 2.45) is 0 Å². The first kappa shape index (κ1) is 17.1. The summed E-state index contributed by atoms with van der Waals surface area (Å²) in [5.74, 6) is -0.980. The third-order valence-electron chi connectivity index (χ3n) is 4.43. The van der Waals surface area contributed by atoms with Crippen LogP contribution in [0.5, 0.6) is 0 Å². The second-order valence-corrected chi connectivity index (χ2v) is 6.97. The van der Waals surface area contributed by atoms with Gasteiger partial charge in [0.25, 0.3) is 0 Å². The number of para-hydroxylation sites is 1. The largest absolute Gasteiger partial charge is 0.478 e. The van der Waals surface area contributed by atoms with E-state index in [0.29, 0.717) is 22.3 Å². The average Bonchev–Trinajstić information content (AvgIpc) is 3.00. The second kappa shape index (κ2) is 6.76. The standard InChI is InChI=1S/C19H15Cl2N3O2/c20-12-7-11(8-13(21)9-12)18-15-10-22-6-5-17(15)24(23-18)16-4-2-1-3-14(16)19(25)26/h1-4,7-9,22H,5-6,10H2,(H,25,26). The van der Waals surface area contributed by atoms with Gasteiger partial charge in [0.2, 0.25) is 0 Å². The molecular weight excluding hydrogens is 373 g/mol. The molecule has 5 nitrogen and oxygen atoms in total. The molecule has 0 radical (unpaired) electrons. The monoisotopic (exact) mass is 387 g/mol. The number of aromatic carboxylic acids is 1. The van der Waals surface area contributed by atoms with Crippen molar-refractivity contribution in [2.45, 2.75) is 13.0 Å². The molecule has 0 saturated heterocycles. The van der Waals surface area contributed by atoms with Gasteiger partial charge in [0, 0.05) is 40.7 Å². The predicted octanol–water partition coefficient (Wildman–Crippen LogP) is 4.19. The van der Waals surface area contributed by atoms with Crippen molar-refractivity contribution in [2.75, 3.05) is 6.54 Å². The molecule has 2 heterocycles. The molecule has 0 saturated carbocycles. The highest BCUT2D eigenvalue weighted by molar-refractivity contribution is 6.35. The molecule has 0 spiro atoms. The Kier molecular flexibility index (Phi) is 4.44. The average molecular weight is 388 g/mol. The van der Waals surface area contributed by atoms with Crippen molar-refractivity contribution in [3.8, 4) is 16.9 Å². The summed E-state index contributed by atoms with van der Waals surface area (Å²) in [6.45, 7) is 1.47. The minimum Gasteiger partial charge on any atom is -0.478 e. The lowest BCUT2D eigenvalue weighted by Crippen LogP contribution is -2.25. The number of carboxylic acid groups (broad SMARTS) is 1. The van der Waals surface area contributed by atoms with Gasteiger partial charge in [-0.2, -0.15) is 5.10 Å². The van der Waals surface area contributed by atoms with E-state index < -0.39 is 5.97 Å². The van der Waals surface area contributed by atoms with Crippen molar-refractivity contribution < 1.29 is 9.90 Å². The molecule has 4 rings (SSSR count). The minimum absolute atomic E-state index is 0.215. The number of nitrogens with one attached hydrogen (secondary N) is 1. The van der Waals surface area contributed by atoms with E-state index in [1.165, 1.54) is 0 Å². The zero-order valence-corrected chi connectivity index (χ0v) is 15.2. The molecule has 1 aliphatic rings. The summed E-state index contributed by atoms with van der Waals surface area (Å²) < 4.78 is 1.74. The highest BCUT2D eigenvalue weighted by atomic mass is 35.5. The Hall–Kier alpha value is -2.34. The van der Waals surface area contributed by atoms with Gasteiger partial charge < -0.3 is 10.4 Å². The van der Waals surface area contributed by atoms with Crippen molar-refractivity contribution in [3.05, 3.63) is 69.3 Å². The van der Waals surface area contributed by atoms with E-state index in [-0.39, 0.29) is 5.56 Å². The van der Waals surface area contributed by atoms with E-state index in [0.717, 1.165) is 35.5 Å². The molecule has 0 bridgehead atoms. The van der Waals surface area contributed by atoms with Gasteiger partial charge in [-0.1, -0.05) is 35.3 Å². The van der Waals surface area contributed by atoms with Crippen LogP contribution in [0.2, 0.25) is 10.0 Å². The lowest BCUT2D eigenvalue weighted by atomic mass is 10.0. The second-order valence-electron chi connectivity index (χ2n) is 6.09. The number of hydrogen-bond acceptors (Lipinski definition) is 3. The van der Waals surface area contributed by atoms with Gasteiger partial charge in [0.1, 0.15) is 0 Å². The Morgan fingerprint density at radius 3 is 2.62 bits per heavy atom. The van der Waals surface area contributed by atoms with Crippen molar-refractivity contribution in [1.82, 2.24) is 15.1 Å². The van der Waals surface area contributed by atoms with E-state index >= 15 is 0 Å². The van der Waals surface area contributed by atoms with Gasteiger partial charge in [-0.05, 0) is 30.3 Å². The molecule has 0 amide bonds. The summed E-state index contributed by atoms with van der Waals surface area (Å²) in [6.07, 6.45) is 0.755. The van der Waals surface area contributed by atoms with Crippen LogP contribution in [0.25, 0.3) is 16.9 Å². The molecule has 7 heteroatoms. The third-order valence-corrected chi connectivity index (χ3v) is 4.87. The quantitative estimate of drug-likeness (QED) is 0.706. The first-order valence-corrected chi connectivity index (χ1v) is 8.91. The number of hydrogen-bond donors (Lipinski definition) is 2. The van der Waals surface area contributed by atoms with Crippen LogP contribution < -0.4 is 5.32 Å². The molecule has 26 heavy (non-hydrogen) atoms. The summed E-state index contributed by atoms with van der Waals surface area (Å²) in [7, 11) is 0. The Balaban J connectivity index is 1.96. The Morgan fingerprint density at radius 2 is 1.88 bits per heavy atom. The number of halogens is 2. The Bertz CT molecular complexity index is 994. The fourth-order valence-corrected chi connectivity index (χ4v) is 3.83. The van der Waals surface area contributed by atoms with Crippen LogP contribution in [0.3, 0.4) is 0 Å². The fourth-order valence-electron chi connectivity index (χ4n) is 3.31. The maximum absolute atomic E-state index is 11.6. The zero-order valence-electron chi connectivity index (χ0n) is 13.7. The van der Waals surface area contributed by atoms with Gasteiger partial charge in [-0.25, -0.2) is 9.48 Å². The molecule has 2 aromatic carbocycles. The minimum atomic E-state index is -0.980. The number of carbonyl (C=O) groups is 1. The smallest absolute Gasteiger partial charge is 0.337 e. The van der Waals surface area contributed by atoms with Gasteiger partial charge >= 0.3 is 5.97 Å². The fraction of sp³-hybridized carbons (Fsp3) is 0.158. The molecule has 2 N–H and O–H groups in total. The number of carboxylic acids is 1. The number of nitrogens with zero attached hydrogens (tertiary/aromatic N) is 2. The van der Waals surface area contributed by atoms with E-state index in [4.69, 9.17) is 28.3 Å². The molecule has 0 unspecified atom stereocenters. The van der Waals surface area contributed by atoms with Crippen LogP contribution in [0, 0.1) is 0 Å². The molecule has 1 aromatic heterocycles. The zero-order chi connectivity index (χ0) is 18.3. The molecule has 3 aromatic rings. The molecular formula is C19H15Cl2N3O2. The Labute approximate surface area is 160 Å². The van der Waals surface area contributed by atoms with Crippen molar-refractivity contribution in [3.63, 3.8) is 0 Å². The lowest BCUT2D eigenvalue weighted by Gasteiger charge is -2.16. The number of benzene rings is 2. The summed E-state index contributed by atoms with van der Waals surface area (Å²) >= 11 is 12.3. The molecule has 132 valence electrons. The summed E-state index contributed by atoms with van der Waals surface area (Å²) in [6, 6.07) is 12.2. The van der Waals surface area contributed by atoms with Crippen LogP contribution in [0.1, 0.15) is 21.6 Å². The molecule has 0 aliphatic carbocycles. The van der Waals surface area contributed by atoms with Crippen molar-refractivity contribution >= 4 is 29.2 Å². The SMILES string of the molecule is O=C(O)c1ccccc1-n1nc(-c2cc(Cl)cc(Cl)c2)c2c1CCNC2. The topological polar surface area (TPSA) is 67.1 Å². The van der Waals surface area contributed by atoms with Gasteiger partial charge in [0.15, 0.2) is 0 Å². The van der Waals surface area contributed by atoms with Gasteiger partial charge in [-0.15, -0.1) is 0 Å². The summed E-state index contributed by atoms with van der Waals surface area (Å²) in [5.41, 5.74) is 4.38. The molecule has 0 atom stereocenters. The van der Waals surface area contributed by atoms with Crippen LogP contribution in [0.4, 0.5) is 0 Å². The van der Waals surface area contributed by atoms with E-state index in [2.05, 4.69) is 5.32 Å². The van der Waals surface area contributed by atoms with Gasteiger partial charge in [0.05, 0.1) is 22.6 Å². The summed E-state index contributed by atoms with van der Waals surface area (Å²) in [4.78, 5) is 11.6. The number of aromatic nitrogens is 2. The normalized spacial score (nSPS) is 13.5. The first-order chi connectivity index (χ1) is 12.5. The number of rotatable bonds is 3. The molecule has 1 aliphatic heterocycles. The van der Waals surface area contributed by atoms with Crippen LogP contribution in [-0.4, -0.2) is 27.4 Å². The highest BCUT2D eigenvalue weighted by Gasteiger charge is 2.24. The summed E-state index contributed by atoms with van der Waals surface area (Å²) in [5, 5.41) is 18.7. The maximum Gasteiger partial charge on any atom is 0.337 e. The van der Waals surface area contributed by atoms with E-state index in [1.807, 2.05) is 18.2 Å². The lowest BCUT2D eigenvalue weighted by molar-refractivity contribution is 0.0696. The molecule has 0 fully saturated rings. The van der Waals surface area contributed by atoms with Crippen LogP contribution in [0.15, 0.2) is 42.5 Å². The number of fused-ring (bicyclic) bond motifs is 1. The highest BCUT2D eigenvalue weighted by Crippen LogP contribution is 2.33. The maximum atomic E-state index is 11.6. The van der Waals surface area contributed by atoms with E-state index in [1.54, 1.807) is 28.9 Å². The van der Waals surface area contributed by atoms with Crippen LogP contribution >= 0.6 is 23.2 Å². The van der Waals surface area contributed by atoms with Gasteiger partial charge in [-0.3, -0.25) is 0 Å². The predicted molar refractivity (Wildman–Crippen MR) is 101 cm³/mol. The van der Waals surface area contributed by atoms with Crippen molar-refractivity contribution in [1.29, 1.82) is 0 Å².